The van der Waals surface area contributed by atoms with Crippen molar-refractivity contribution in [3.63, 3.8) is 0 Å². The largest absolute Gasteiger partial charge is 0.301 e. The highest BCUT2D eigenvalue weighted by molar-refractivity contribution is 6.49. The zero-order chi connectivity index (χ0) is 13.1. The summed E-state index contributed by atoms with van der Waals surface area (Å²) in [7, 11) is 0. The number of carbonyl (C=O) groups is 2. The summed E-state index contributed by atoms with van der Waals surface area (Å²) in [6, 6.07) is 10.5. The van der Waals surface area contributed by atoms with Gasteiger partial charge in [-0.3, -0.25) is 9.59 Å². The lowest BCUT2D eigenvalue weighted by Gasteiger charge is -2.01. The molecule has 0 unspecified atom stereocenters. The normalized spacial score (nSPS) is 10.1. The number of ketones is 2. The number of benzene rings is 2. The van der Waals surface area contributed by atoms with Crippen molar-refractivity contribution in [3.05, 3.63) is 65.5 Å². The lowest BCUT2D eigenvalue weighted by atomic mass is 10.0. The van der Waals surface area contributed by atoms with Gasteiger partial charge in [0.2, 0.25) is 11.6 Å². The maximum atomic E-state index is 12.7. The molecule has 2 aromatic carbocycles. The summed E-state index contributed by atoms with van der Waals surface area (Å²) in [5.74, 6) is -1.81. The predicted molar refractivity (Wildman–Crippen MR) is 64.3 cm³/mol. The second-order valence-corrected chi connectivity index (χ2v) is 3.74. The molecule has 89 valence electrons. The highest BCUT2D eigenvalue weighted by atomic mass is 19.1. The van der Waals surface area contributed by atoms with Crippen molar-refractivity contribution in [2.24, 2.45) is 0 Å². The number of halogens is 1. The second-order valence-electron chi connectivity index (χ2n) is 3.74. The van der Waals surface area contributed by atoms with Crippen LogP contribution < -0.4 is 5.73 Å². The van der Waals surface area contributed by atoms with Crippen molar-refractivity contribution in [2.75, 3.05) is 0 Å². The van der Waals surface area contributed by atoms with E-state index in [1.54, 1.807) is 0 Å². The molecule has 0 aliphatic rings. The first kappa shape index (κ1) is 12.0. The van der Waals surface area contributed by atoms with Gasteiger partial charge >= 0.3 is 0 Å². The average Bonchev–Trinajstić information content (AvgIpc) is 2.39. The van der Waals surface area contributed by atoms with Crippen LogP contribution in [0.25, 0.3) is 0 Å². The Balaban J connectivity index is 2.26. The third kappa shape index (κ3) is 2.43. The molecule has 0 aliphatic carbocycles. The molecule has 0 heterocycles. The van der Waals surface area contributed by atoms with E-state index in [-0.39, 0.29) is 16.8 Å². The molecule has 0 amide bonds. The van der Waals surface area contributed by atoms with E-state index < -0.39 is 17.4 Å². The first-order valence-electron chi connectivity index (χ1n) is 5.24. The minimum atomic E-state index is -0.687. The van der Waals surface area contributed by atoms with Gasteiger partial charge in [0.05, 0.1) is 5.69 Å². The lowest BCUT2D eigenvalue weighted by molar-refractivity contribution is 0.0817. The van der Waals surface area contributed by atoms with Crippen molar-refractivity contribution in [2.45, 2.75) is 0 Å². The van der Waals surface area contributed by atoms with Crippen LogP contribution in [-0.4, -0.2) is 11.6 Å². The fourth-order valence-electron chi connectivity index (χ4n) is 1.49. The van der Waals surface area contributed by atoms with Gasteiger partial charge in [0.25, 0.3) is 0 Å². The highest BCUT2D eigenvalue weighted by Crippen LogP contribution is 2.11. The van der Waals surface area contributed by atoms with E-state index >= 15 is 0 Å². The Morgan fingerprint density at radius 1 is 0.778 bits per heavy atom. The Kier molecular flexibility index (Phi) is 3.19. The number of carbonyl (C=O) groups excluding carboxylic acids is 2. The quantitative estimate of drug-likeness (QED) is 0.613. The average molecular weight is 242 g/mol. The van der Waals surface area contributed by atoms with Gasteiger partial charge in [0.1, 0.15) is 5.82 Å². The maximum Gasteiger partial charge on any atom is 0.233 e. The van der Waals surface area contributed by atoms with Crippen LogP contribution in [0.1, 0.15) is 20.7 Å². The summed E-state index contributed by atoms with van der Waals surface area (Å²) in [5.41, 5.74) is 7.93. The number of hydrogen-bond acceptors (Lipinski definition) is 2. The number of hydrogen-bond donors (Lipinski definition) is 0. The summed E-state index contributed by atoms with van der Waals surface area (Å²) < 4.78 is 12.7. The van der Waals surface area contributed by atoms with Crippen LogP contribution in [0.3, 0.4) is 0 Å². The fourth-order valence-corrected chi connectivity index (χ4v) is 1.49. The molecule has 18 heavy (non-hydrogen) atoms. The Morgan fingerprint density at radius 3 is 1.61 bits per heavy atom. The molecule has 4 heteroatoms. The highest BCUT2D eigenvalue weighted by Gasteiger charge is 2.17. The summed E-state index contributed by atoms with van der Waals surface area (Å²) in [5, 5.41) is 0. The zero-order valence-electron chi connectivity index (χ0n) is 9.31. The standard InChI is InChI=1S/C14H9FNO2/c15-11-5-1-9(2-6-11)13(17)14(18)10-3-7-12(16)8-4-10/h1-8,16H. The van der Waals surface area contributed by atoms with Gasteiger partial charge in [0, 0.05) is 11.1 Å². The molecule has 0 atom stereocenters. The van der Waals surface area contributed by atoms with Crippen molar-refractivity contribution in [3.8, 4) is 0 Å². The fraction of sp³-hybridized carbons (Fsp3) is 0. The number of rotatable bonds is 3. The first-order valence-corrected chi connectivity index (χ1v) is 5.24. The molecule has 3 nitrogen and oxygen atoms in total. The molecule has 0 bridgehead atoms. The second kappa shape index (κ2) is 4.79. The molecule has 1 N–H and O–H groups in total. The van der Waals surface area contributed by atoms with E-state index in [0.29, 0.717) is 0 Å². The zero-order valence-corrected chi connectivity index (χ0v) is 9.31. The van der Waals surface area contributed by atoms with Gasteiger partial charge in [-0.1, -0.05) is 0 Å². The molecule has 0 aliphatic heterocycles. The van der Waals surface area contributed by atoms with Crippen LogP contribution in [0.4, 0.5) is 10.1 Å². The van der Waals surface area contributed by atoms with E-state index in [4.69, 9.17) is 5.73 Å². The van der Waals surface area contributed by atoms with Crippen LogP contribution in [0, 0.1) is 5.82 Å². The maximum absolute atomic E-state index is 12.7. The molecule has 0 spiro atoms. The molecule has 1 radical (unpaired) electrons. The van der Waals surface area contributed by atoms with Crippen LogP contribution in [-0.2, 0) is 0 Å². The van der Waals surface area contributed by atoms with Crippen LogP contribution in [0.15, 0.2) is 48.5 Å². The number of nitrogens with one attached hydrogen (secondary N) is 1. The minimum absolute atomic E-state index is 0.149. The third-order valence-electron chi connectivity index (χ3n) is 2.46. The van der Waals surface area contributed by atoms with Gasteiger partial charge in [0.15, 0.2) is 0 Å². The van der Waals surface area contributed by atoms with Crippen molar-refractivity contribution >= 4 is 17.3 Å². The van der Waals surface area contributed by atoms with Crippen LogP contribution in [0.5, 0.6) is 0 Å². The van der Waals surface area contributed by atoms with Crippen molar-refractivity contribution in [1.29, 1.82) is 0 Å². The van der Waals surface area contributed by atoms with E-state index in [9.17, 15) is 14.0 Å². The SMILES string of the molecule is [NH]c1ccc(C(=O)C(=O)c2ccc(F)cc2)cc1. The molecular weight excluding hydrogens is 233 g/mol. The Labute approximate surface area is 103 Å². The van der Waals surface area contributed by atoms with E-state index in [2.05, 4.69) is 0 Å². The molecule has 2 rings (SSSR count). The molecule has 2 aromatic rings. The molecule has 0 aromatic heterocycles. The Morgan fingerprint density at radius 2 is 1.17 bits per heavy atom. The smallest absolute Gasteiger partial charge is 0.233 e. The van der Waals surface area contributed by atoms with E-state index in [0.717, 1.165) is 12.1 Å². The Bertz CT molecular complexity index is 533. The van der Waals surface area contributed by atoms with E-state index in [1.165, 1.54) is 36.4 Å². The minimum Gasteiger partial charge on any atom is -0.301 e. The first-order chi connectivity index (χ1) is 8.58. The van der Waals surface area contributed by atoms with Gasteiger partial charge < -0.3 is 5.73 Å². The molecule has 0 fully saturated rings. The van der Waals surface area contributed by atoms with Crippen molar-refractivity contribution in [1.82, 2.24) is 5.73 Å². The topological polar surface area (TPSA) is 57.9 Å². The van der Waals surface area contributed by atoms with Gasteiger partial charge in [-0.05, 0) is 48.5 Å². The van der Waals surface area contributed by atoms with Crippen LogP contribution >= 0.6 is 0 Å². The van der Waals surface area contributed by atoms with E-state index in [1.807, 2.05) is 0 Å². The molecule has 0 saturated heterocycles. The summed E-state index contributed by atoms with van der Waals surface area (Å²) in [6.45, 7) is 0. The molecule has 0 saturated carbocycles. The summed E-state index contributed by atoms with van der Waals surface area (Å²) in [6.07, 6.45) is 0. The molecular formula is C14H9FNO2. The van der Waals surface area contributed by atoms with Gasteiger partial charge in [-0.15, -0.1) is 0 Å². The number of Topliss-reactive ketones (excluding diaryl/α,β-unsaturated/α-hetero) is 2. The van der Waals surface area contributed by atoms with Crippen molar-refractivity contribution < 1.29 is 14.0 Å². The summed E-state index contributed by atoms with van der Waals surface area (Å²) in [4.78, 5) is 23.7. The van der Waals surface area contributed by atoms with Gasteiger partial charge in [-0.2, -0.15) is 0 Å². The summed E-state index contributed by atoms with van der Waals surface area (Å²) >= 11 is 0. The Hall–Kier alpha value is -2.49. The third-order valence-corrected chi connectivity index (χ3v) is 2.46. The predicted octanol–water partition coefficient (Wildman–Crippen LogP) is 2.81. The monoisotopic (exact) mass is 242 g/mol. The van der Waals surface area contributed by atoms with Gasteiger partial charge in [-0.25, -0.2) is 4.39 Å². The van der Waals surface area contributed by atoms with Crippen LogP contribution in [0.2, 0.25) is 0 Å². The lowest BCUT2D eigenvalue weighted by Crippen LogP contribution is -2.14.